The van der Waals surface area contributed by atoms with Gasteiger partial charge in [-0.2, -0.15) is 0 Å². The topological polar surface area (TPSA) is 70.8 Å². The first kappa shape index (κ1) is 23.7. The molecular weight excluding hydrogens is 493 g/mol. The van der Waals surface area contributed by atoms with E-state index in [4.69, 9.17) is 9.73 Å². The minimum atomic E-state index is 0. The number of nitrogens with one attached hydrogen (secondary N) is 1. The van der Waals surface area contributed by atoms with Gasteiger partial charge in [-0.15, -0.1) is 34.2 Å². The fourth-order valence-electron chi connectivity index (χ4n) is 4.75. The summed E-state index contributed by atoms with van der Waals surface area (Å²) >= 11 is 0. The third-order valence-electron chi connectivity index (χ3n) is 6.37. The molecule has 0 radical (unpaired) electrons. The van der Waals surface area contributed by atoms with Crippen molar-refractivity contribution in [3.05, 3.63) is 11.6 Å². The van der Waals surface area contributed by atoms with Crippen molar-refractivity contribution >= 4 is 29.9 Å². The first-order valence-corrected chi connectivity index (χ1v) is 11.6. The molecule has 0 saturated carbocycles. The molecule has 1 N–H and O–H groups in total. The molecule has 4 heterocycles. The molecule has 0 amide bonds. The summed E-state index contributed by atoms with van der Waals surface area (Å²) in [6, 6.07) is 0.634. The van der Waals surface area contributed by atoms with Gasteiger partial charge in [0.25, 0.3) is 0 Å². The Labute approximate surface area is 197 Å². The number of fused-ring (bicyclic) bond motifs is 1. The van der Waals surface area contributed by atoms with Gasteiger partial charge < -0.3 is 19.5 Å². The van der Waals surface area contributed by atoms with Crippen LogP contribution >= 0.6 is 24.0 Å². The van der Waals surface area contributed by atoms with Crippen LogP contribution in [0.5, 0.6) is 0 Å². The van der Waals surface area contributed by atoms with E-state index in [9.17, 15) is 0 Å². The monoisotopic (exact) mass is 531 g/mol. The van der Waals surface area contributed by atoms with Crippen LogP contribution < -0.4 is 5.32 Å². The van der Waals surface area contributed by atoms with Crippen LogP contribution in [0.4, 0.5) is 0 Å². The Hall–Kier alpha value is -0.940. The molecule has 2 fully saturated rings. The van der Waals surface area contributed by atoms with Crippen molar-refractivity contribution in [2.24, 2.45) is 4.99 Å². The minimum absolute atomic E-state index is 0. The lowest BCUT2D eigenvalue weighted by Crippen LogP contribution is -2.46. The zero-order valence-corrected chi connectivity index (χ0v) is 20.7. The Balaban J connectivity index is 0.00000256. The van der Waals surface area contributed by atoms with Gasteiger partial charge in [0.05, 0.1) is 13.2 Å². The third kappa shape index (κ3) is 6.06. The van der Waals surface area contributed by atoms with Crippen molar-refractivity contribution in [1.82, 2.24) is 29.9 Å². The van der Waals surface area contributed by atoms with Crippen molar-refractivity contribution in [2.45, 2.75) is 64.5 Å². The highest BCUT2D eigenvalue weighted by molar-refractivity contribution is 14.0. The Morgan fingerprint density at radius 3 is 2.83 bits per heavy atom. The van der Waals surface area contributed by atoms with Gasteiger partial charge in [0.15, 0.2) is 5.96 Å². The van der Waals surface area contributed by atoms with Crippen LogP contribution in [0.2, 0.25) is 0 Å². The fourth-order valence-corrected chi connectivity index (χ4v) is 4.75. The second-order valence-corrected chi connectivity index (χ2v) is 8.37. The maximum atomic E-state index is 5.51. The molecule has 3 aliphatic rings. The van der Waals surface area contributed by atoms with Crippen LogP contribution in [0.3, 0.4) is 0 Å². The average Bonchev–Trinajstić information content (AvgIpc) is 3.32. The zero-order chi connectivity index (χ0) is 19.9. The van der Waals surface area contributed by atoms with Gasteiger partial charge in [-0.1, -0.05) is 6.42 Å². The van der Waals surface area contributed by atoms with Crippen molar-refractivity contribution in [3.8, 4) is 0 Å². The van der Waals surface area contributed by atoms with E-state index in [1.165, 1.54) is 31.5 Å². The largest absolute Gasteiger partial charge is 0.379 e. The standard InChI is InChI=1S/C21H37N7O.HI/c1-2-22-21(27-12-9-18(17-27)26-13-15-29-16-14-26)23-10-6-8-20-25-24-19-7-4-3-5-11-28(19)20;/h18H,2-17H2,1H3,(H,22,23);1H. The number of halogens is 1. The first-order valence-electron chi connectivity index (χ1n) is 11.6. The van der Waals surface area contributed by atoms with Crippen molar-refractivity contribution in [2.75, 3.05) is 52.5 Å². The quantitative estimate of drug-likeness (QED) is 0.262. The number of aromatic nitrogens is 3. The van der Waals surface area contributed by atoms with Crippen LogP contribution in [-0.4, -0.2) is 89.0 Å². The summed E-state index contributed by atoms with van der Waals surface area (Å²) < 4.78 is 7.86. The molecule has 1 atom stereocenters. The van der Waals surface area contributed by atoms with Crippen molar-refractivity contribution in [3.63, 3.8) is 0 Å². The van der Waals surface area contributed by atoms with Crippen molar-refractivity contribution < 1.29 is 4.74 Å². The molecule has 1 aromatic heterocycles. The Kier molecular flexibility index (Phi) is 9.64. The van der Waals surface area contributed by atoms with Crippen LogP contribution in [0.1, 0.15) is 50.7 Å². The second kappa shape index (κ2) is 12.2. The average molecular weight is 531 g/mol. The number of morpholine rings is 1. The van der Waals surface area contributed by atoms with E-state index >= 15 is 0 Å². The van der Waals surface area contributed by atoms with E-state index in [0.29, 0.717) is 6.04 Å². The lowest BCUT2D eigenvalue weighted by Gasteiger charge is -2.32. The summed E-state index contributed by atoms with van der Waals surface area (Å²) in [7, 11) is 0. The molecule has 8 nitrogen and oxygen atoms in total. The van der Waals surface area contributed by atoms with Gasteiger partial charge in [0, 0.05) is 64.7 Å². The molecule has 0 aliphatic carbocycles. The Bertz CT molecular complexity index is 674. The Morgan fingerprint density at radius 1 is 1.13 bits per heavy atom. The van der Waals surface area contributed by atoms with Crippen LogP contribution in [0, 0.1) is 0 Å². The summed E-state index contributed by atoms with van der Waals surface area (Å²) in [6.45, 7) is 11.0. The van der Waals surface area contributed by atoms with Gasteiger partial charge in [0.2, 0.25) is 0 Å². The number of rotatable bonds is 6. The lowest BCUT2D eigenvalue weighted by molar-refractivity contribution is 0.0195. The fraction of sp³-hybridized carbons (Fsp3) is 0.857. The van der Waals surface area contributed by atoms with Crippen molar-refractivity contribution in [1.29, 1.82) is 0 Å². The van der Waals surface area contributed by atoms with Crippen LogP contribution in [0.25, 0.3) is 0 Å². The zero-order valence-electron chi connectivity index (χ0n) is 18.4. The SMILES string of the molecule is CCNC(=NCCCc1nnc2n1CCCCC2)N1CCC(N2CCOCC2)C1.I. The molecule has 1 unspecified atom stereocenters. The van der Waals surface area contributed by atoms with Gasteiger partial charge in [-0.25, -0.2) is 0 Å². The molecule has 0 spiro atoms. The molecule has 170 valence electrons. The number of hydrogen-bond acceptors (Lipinski definition) is 5. The van der Waals surface area contributed by atoms with Gasteiger partial charge in [-0.05, 0) is 32.6 Å². The predicted molar refractivity (Wildman–Crippen MR) is 130 cm³/mol. The van der Waals surface area contributed by atoms with Gasteiger partial charge >= 0.3 is 0 Å². The first-order chi connectivity index (χ1) is 14.3. The normalized spacial score (nSPS) is 23.0. The lowest BCUT2D eigenvalue weighted by atomic mass is 10.2. The number of guanidine groups is 1. The number of nitrogens with zero attached hydrogens (tertiary/aromatic N) is 6. The van der Waals surface area contributed by atoms with E-state index in [1.54, 1.807) is 0 Å². The molecule has 1 aromatic rings. The molecule has 3 aliphatic heterocycles. The molecule has 2 saturated heterocycles. The Morgan fingerprint density at radius 2 is 2.00 bits per heavy atom. The molecule has 0 aromatic carbocycles. The summed E-state index contributed by atoms with van der Waals surface area (Å²) in [5.74, 6) is 3.40. The molecule has 30 heavy (non-hydrogen) atoms. The number of aliphatic imine (C=N–C) groups is 1. The predicted octanol–water partition coefficient (Wildman–Crippen LogP) is 1.93. The summed E-state index contributed by atoms with van der Waals surface area (Å²) in [6.07, 6.45) is 8.08. The smallest absolute Gasteiger partial charge is 0.193 e. The summed E-state index contributed by atoms with van der Waals surface area (Å²) in [5.41, 5.74) is 0. The third-order valence-corrected chi connectivity index (χ3v) is 6.37. The van der Waals surface area contributed by atoms with E-state index < -0.39 is 0 Å². The minimum Gasteiger partial charge on any atom is -0.379 e. The van der Waals surface area contributed by atoms with E-state index in [-0.39, 0.29) is 24.0 Å². The van der Waals surface area contributed by atoms with Crippen LogP contribution in [-0.2, 0) is 24.1 Å². The van der Waals surface area contributed by atoms with Gasteiger partial charge in [-0.3, -0.25) is 9.89 Å². The second-order valence-electron chi connectivity index (χ2n) is 8.37. The van der Waals surface area contributed by atoms with Gasteiger partial charge in [0.1, 0.15) is 11.6 Å². The molecule has 0 bridgehead atoms. The molecular formula is C21H38IN7O. The van der Waals surface area contributed by atoms with E-state index in [2.05, 4.69) is 36.8 Å². The molecule has 9 heteroatoms. The maximum absolute atomic E-state index is 5.51. The number of hydrogen-bond donors (Lipinski definition) is 1. The number of ether oxygens (including phenoxy) is 1. The van der Waals surface area contributed by atoms with E-state index in [0.717, 1.165) is 90.1 Å². The van der Waals surface area contributed by atoms with Crippen LogP contribution in [0.15, 0.2) is 4.99 Å². The highest BCUT2D eigenvalue weighted by Gasteiger charge is 2.30. The highest BCUT2D eigenvalue weighted by Crippen LogP contribution is 2.18. The molecule has 4 rings (SSSR count). The van der Waals surface area contributed by atoms with E-state index in [1.807, 2.05) is 0 Å². The maximum Gasteiger partial charge on any atom is 0.193 e. The number of aryl methyl sites for hydroxylation is 2. The highest BCUT2D eigenvalue weighted by atomic mass is 127. The summed E-state index contributed by atoms with van der Waals surface area (Å²) in [4.78, 5) is 9.96. The summed E-state index contributed by atoms with van der Waals surface area (Å²) in [5, 5.41) is 12.4. The number of likely N-dealkylation sites (tertiary alicyclic amines) is 1.